The summed E-state index contributed by atoms with van der Waals surface area (Å²) in [5.74, 6) is -0.0665. The van der Waals surface area contributed by atoms with Crippen LogP contribution in [0.5, 0.6) is 0 Å². The standard InChI is InChI=1S/C11H20O2/c1-4-6-7-8-9-13-11(12)10(3)5-2/h7-8,10H,4-6,9H2,1-3H3. The lowest BCUT2D eigenvalue weighted by Crippen LogP contribution is -2.13. The Labute approximate surface area is 81.0 Å². The fraction of sp³-hybridized carbons (Fsp3) is 0.727. The first-order chi connectivity index (χ1) is 6.22. The van der Waals surface area contributed by atoms with Crippen molar-refractivity contribution in [2.24, 2.45) is 5.92 Å². The van der Waals surface area contributed by atoms with Gasteiger partial charge in [0.05, 0.1) is 5.92 Å². The normalized spacial score (nSPS) is 13.2. The Morgan fingerprint density at radius 1 is 1.38 bits per heavy atom. The molecule has 0 saturated heterocycles. The number of hydrogen-bond acceptors (Lipinski definition) is 2. The van der Waals surface area contributed by atoms with Crippen LogP contribution in [-0.4, -0.2) is 12.6 Å². The Bertz CT molecular complexity index is 161. The van der Waals surface area contributed by atoms with Crippen molar-refractivity contribution in [2.45, 2.75) is 40.0 Å². The molecule has 0 rings (SSSR count). The molecule has 2 nitrogen and oxygen atoms in total. The quantitative estimate of drug-likeness (QED) is 0.468. The van der Waals surface area contributed by atoms with Crippen molar-refractivity contribution in [3.05, 3.63) is 12.2 Å². The third-order valence-corrected chi connectivity index (χ3v) is 1.96. The lowest BCUT2D eigenvalue weighted by Gasteiger charge is -2.06. The summed E-state index contributed by atoms with van der Waals surface area (Å²) in [6, 6.07) is 0. The molecule has 1 atom stereocenters. The van der Waals surface area contributed by atoms with Crippen molar-refractivity contribution in [1.82, 2.24) is 0 Å². The number of unbranched alkanes of at least 4 members (excludes halogenated alkanes) is 1. The Balaban J connectivity index is 3.47. The lowest BCUT2D eigenvalue weighted by atomic mass is 10.1. The van der Waals surface area contributed by atoms with Crippen LogP contribution in [0.4, 0.5) is 0 Å². The first-order valence-corrected chi connectivity index (χ1v) is 5.04. The van der Waals surface area contributed by atoms with Crippen LogP contribution in [0.25, 0.3) is 0 Å². The van der Waals surface area contributed by atoms with Crippen molar-refractivity contribution < 1.29 is 9.53 Å². The Morgan fingerprint density at radius 2 is 2.08 bits per heavy atom. The summed E-state index contributed by atoms with van der Waals surface area (Å²) in [6.45, 7) is 6.41. The van der Waals surface area contributed by atoms with E-state index in [1.54, 1.807) is 0 Å². The monoisotopic (exact) mass is 184 g/mol. The van der Waals surface area contributed by atoms with Crippen LogP contribution in [0.15, 0.2) is 12.2 Å². The number of allylic oxidation sites excluding steroid dienone is 1. The summed E-state index contributed by atoms with van der Waals surface area (Å²) in [5, 5.41) is 0. The zero-order valence-electron chi connectivity index (χ0n) is 8.88. The van der Waals surface area contributed by atoms with E-state index in [1.165, 1.54) is 0 Å². The molecular formula is C11H20O2. The largest absolute Gasteiger partial charge is 0.461 e. The van der Waals surface area contributed by atoms with Crippen LogP contribution >= 0.6 is 0 Å². The van der Waals surface area contributed by atoms with E-state index in [2.05, 4.69) is 6.92 Å². The predicted octanol–water partition coefficient (Wildman–Crippen LogP) is 2.93. The van der Waals surface area contributed by atoms with Gasteiger partial charge in [0.15, 0.2) is 0 Å². The van der Waals surface area contributed by atoms with Gasteiger partial charge >= 0.3 is 5.97 Å². The zero-order chi connectivity index (χ0) is 10.1. The van der Waals surface area contributed by atoms with Gasteiger partial charge in [-0.1, -0.05) is 39.3 Å². The third-order valence-electron chi connectivity index (χ3n) is 1.96. The molecule has 0 aliphatic carbocycles. The van der Waals surface area contributed by atoms with Crippen molar-refractivity contribution >= 4 is 5.97 Å². The average Bonchev–Trinajstić information content (AvgIpc) is 2.16. The van der Waals surface area contributed by atoms with Gasteiger partial charge in [0.2, 0.25) is 0 Å². The highest BCUT2D eigenvalue weighted by Gasteiger charge is 2.10. The molecule has 13 heavy (non-hydrogen) atoms. The molecule has 0 saturated carbocycles. The minimum Gasteiger partial charge on any atom is -0.461 e. The second kappa shape index (κ2) is 7.84. The molecular weight excluding hydrogens is 164 g/mol. The molecule has 0 aromatic carbocycles. The number of carbonyl (C=O) groups excluding carboxylic acids is 1. The topological polar surface area (TPSA) is 26.3 Å². The van der Waals surface area contributed by atoms with Crippen LogP contribution in [-0.2, 0) is 9.53 Å². The number of hydrogen-bond donors (Lipinski definition) is 0. The number of carbonyl (C=O) groups is 1. The summed E-state index contributed by atoms with van der Waals surface area (Å²) in [7, 11) is 0. The molecule has 0 fully saturated rings. The molecule has 1 unspecified atom stereocenters. The predicted molar refractivity (Wildman–Crippen MR) is 54.5 cm³/mol. The van der Waals surface area contributed by atoms with E-state index in [1.807, 2.05) is 26.0 Å². The number of esters is 1. The Kier molecular flexibility index (Phi) is 7.36. The smallest absolute Gasteiger partial charge is 0.308 e. The maximum absolute atomic E-state index is 11.2. The Hall–Kier alpha value is -0.790. The van der Waals surface area contributed by atoms with Gasteiger partial charge in [-0.05, 0) is 12.8 Å². The van der Waals surface area contributed by atoms with E-state index in [4.69, 9.17) is 4.74 Å². The van der Waals surface area contributed by atoms with Crippen molar-refractivity contribution in [1.29, 1.82) is 0 Å². The summed E-state index contributed by atoms with van der Waals surface area (Å²) in [4.78, 5) is 11.2. The van der Waals surface area contributed by atoms with E-state index in [-0.39, 0.29) is 11.9 Å². The average molecular weight is 184 g/mol. The van der Waals surface area contributed by atoms with E-state index in [0.717, 1.165) is 19.3 Å². The van der Waals surface area contributed by atoms with Crippen molar-refractivity contribution in [3.63, 3.8) is 0 Å². The van der Waals surface area contributed by atoms with Gasteiger partial charge in [0.1, 0.15) is 6.61 Å². The summed E-state index contributed by atoms with van der Waals surface area (Å²) >= 11 is 0. The lowest BCUT2D eigenvalue weighted by molar-refractivity contribution is -0.146. The van der Waals surface area contributed by atoms with Crippen molar-refractivity contribution in [2.75, 3.05) is 6.61 Å². The van der Waals surface area contributed by atoms with Crippen LogP contribution in [0.1, 0.15) is 40.0 Å². The van der Waals surface area contributed by atoms with Gasteiger partial charge < -0.3 is 4.74 Å². The molecule has 0 heterocycles. The minimum absolute atomic E-state index is 0.0274. The number of rotatable bonds is 6. The molecule has 0 aromatic heterocycles. The maximum Gasteiger partial charge on any atom is 0.308 e. The van der Waals surface area contributed by atoms with Gasteiger partial charge in [0.25, 0.3) is 0 Å². The summed E-state index contributed by atoms with van der Waals surface area (Å²) in [5.41, 5.74) is 0. The van der Waals surface area contributed by atoms with Gasteiger partial charge in [-0.25, -0.2) is 0 Å². The van der Waals surface area contributed by atoms with Crippen LogP contribution in [0, 0.1) is 5.92 Å². The van der Waals surface area contributed by atoms with Crippen LogP contribution < -0.4 is 0 Å². The highest BCUT2D eigenvalue weighted by Crippen LogP contribution is 2.02. The molecule has 0 aromatic rings. The maximum atomic E-state index is 11.2. The van der Waals surface area contributed by atoms with Crippen LogP contribution in [0.3, 0.4) is 0 Å². The van der Waals surface area contributed by atoms with Gasteiger partial charge in [-0.15, -0.1) is 0 Å². The van der Waals surface area contributed by atoms with Crippen LogP contribution in [0.2, 0.25) is 0 Å². The first kappa shape index (κ1) is 12.2. The van der Waals surface area contributed by atoms with E-state index < -0.39 is 0 Å². The molecule has 0 spiro atoms. The molecule has 0 bridgehead atoms. The second-order valence-electron chi connectivity index (χ2n) is 3.20. The highest BCUT2D eigenvalue weighted by molar-refractivity contribution is 5.71. The van der Waals surface area contributed by atoms with Gasteiger partial charge in [0, 0.05) is 0 Å². The molecule has 2 heteroatoms. The molecule has 0 aliphatic rings. The van der Waals surface area contributed by atoms with E-state index in [9.17, 15) is 4.79 Å². The van der Waals surface area contributed by atoms with Gasteiger partial charge in [-0.3, -0.25) is 4.79 Å². The highest BCUT2D eigenvalue weighted by atomic mass is 16.5. The molecule has 0 radical (unpaired) electrons. The fourth-order valence-electron chi connectivity index (χ4n) is 0.792. The minimum atomic E-state index is -0.0938. The molecule has 0 N–H and O–H groups in total. The van der Waals surface area contributed by atoms with E-state index >= 15 is 0 Å². The fourth-order valence-corrected chi connectivity index (χ4v) is 0.792. The zero-order valence-corrected chi connectivity index (χ0v) is 8.88. The number of ether oxygens (including phenoxy) is 1. The molecule has 0 aliphatic heterocycles. The van der Waals surface area contributed by atoms with Gasteiger partial charge in [-0.2, -0.15) is 0 Å². The summed E-state index contributed by atoms with van der Waals surface area (Å²) in [6.07, 6.45) is 6.99. The third kappa shape index (κ3) is 6.38. The van der Waals surface area contributed by atoms with Crippen molar-refractivity contribution in [3.8, 4) is 0 Å². The molecule has 0 amide bonds. The molecule has 76 valence electrons. The first-order valence-electron chi connectivity index (χ1n) is 5.04. The van der Waals surface area contributed by atoms with E-state index in [0.29, 0.717) is 6.61 Å². The second-order valence-corrected chi connectivity index (χ2v) is 3.20. The SMILES string of the molecule is CCCC=CCOC(=O)C(C)CC. The Morgan fingerprint density at radius 3 is 2.62 bits per heavy atom. The summed E-state index contributed by atoms with van der Waals surface area (Å²) < 4.78 is 5.02.